The fraction of sp³-hybridized carbons (Fsp3) is 0.700. The molecule has 0 aliphatic carbocycles. The molecular formula is C10H18N2O2S2. The second kappa shape index (κ2) is 5.75. The molecule has 1 heterocycles. The molecular weight excluding hydrogens is 244 g/mol. The summed E-state index contributed by atoms with van der Waals surface area (Å²) in [6, 6.07) is 0. The van der Waals surface area contributed by atoms with E-state index < -0.39 is 9.84 Å². The molecule has 0 aliphatic rings. The van der Waals surface area contributed by atoms with Gasteiger partial charge in [0.1, 0.15) is 10.8 Å². The van der Waals surface area contributed by atoms with Gasteiger partial charge in [-0.05, 0) is 20.4 Å². The maximum Gasteiger partial charge on any atom is 0.159 e. The van der Waals surface area contributed by atoms with Gasteiger partial charge in [-0.15, -0.1) is 11.3 Å². The first-order valence-electron chi connectivity index (χ1n) is 5.31. The van der Waals surface area contributed by atoms with E-state index >= 15 is 0 Å². The zero-order chi connectivity index (χ0) is 12.2. The molecule has 1 rings (SSSR count). The highest BCUT2D eigenvalue weighted by atomic mass is 32.2. The summed E-state index contributed by atoms with van der Waals surface area (Å²) in [6.07, 6.45) is 0. The maximum atomic E-state index is 11.7. The Hall–Kier alpha value is -0.460. The van der Waals surface area contributed by atoms with Gasteiger partial charge in [-0.3, -0.25) is 0 Å². The van der Waals surface area contributed by atoms with Gasteiger partial charge >= 0.3 is 0 Å². The Morgan fingerprint density at radius 2 is 2.19 bits per heavy atom. The third-order valence-electron chi connectivity index (χ3n) is 2.20. The number of hydrogen-bond donors (Lipinski definition) is 1. The Morgan fingerprint density at radius 3 is 2.75 bits per heavy atom. The molecule has 4 nitrogen and oxygen atoms in total. The average molecular weight is 262 g/mol. The molecule has 1 aromatic rings. The van der Waals surface area contributed by atoms with Crippen LogP contribution in [0.1, 0.15) is 31.5 Å². The number of nitrogens with one attached hydrogen (secondary N) is 1. The van der Waals surface area contributed by atoms with E-state index in [0.717, 1.165) is 12.2 Å². The van der Waals surface area contributed by atoms with E-state index in [0.29, 0.717) is 11.6 Å². The second-order valence-electron chi connectivity index (χ2n) is 3.87. The van der Waals surface area contributed by atoms with Crippen LogP contribution >= 0.6 is 11.3 Å². The normalized spacial score (nSPS) is 12.2. The summed E-state index contributed by atoms with van der Waals surface area (Å²) in [5, 5.41) is 5.41. The van der Waals surface area contributed by atoms with Crippen LogP contribution < -0.4 is 5.32 Å². The monoisotopic (exact) mass is 262 g/mol. The lowest BCUT2D eigenvalue weighted by atomic mass is 10.5. The quantitative estimate of drug-likeness (QED) is 0.845. The summed E-state index contributed by atoms with van der Waals surface area (Å²) in [5.74, 6) is 0.0570. The highest BCUT2D eigenvalue weighted by Gasteiger charge is 2.18. The summed E-state index contributed by atoms with van der Waals surface area (Å²) >= 11 is 1.41. The molecule has 0 aromatic carbocycles. The number of thiazole rings is 1. The fourth-order valence-corrected chi connectivity index (χ4v) is 3.17. The molecule has 1 aromatic heterocycles. The minimum Gasteiger partial charge on any atom is -0.311 e. The zero-order valence-corrected chi connectivity index (χ0v) is 11.5. The van der Waals surface area contributed by atoms with Crippen LogP contribution in [0.15, 0.2) is 5.38 Å². The van der Waals surface area contributed by atoms with E-state index in [1.807, 2.05) is 12.3 Å². The lowest BCUT2D eigenvalue weighted by molar-refractivity contribution is 0.586. The predicted octanol–water partition coefficient (Wildman–Crippen LogP) is 1.58. The molecule has 0 radical (unpaired) electrons. The first-order valence-corrected chi connectivity index (χ1v) is 7.90. The molecule has 0 fully saturated rings. The van der Waals surface area contributed by atoms with Crippen molar-refractivity contribution in [3.05, 3.63) is 16.1 Å². The highest BCUT2D eigenvalue weighted by Crippen LogP contribution is 2.15. The van der Waals surface area contributed by atoms with Crippen molar-refractivity contribution in [2.24, 2.45) is 0 Å². The van der Waals surface area contributed by atoms with Crippen molar-refractivity contribution < 1.29 is 8.42 Å². The van der Waals surface area contributed by atoms with Crippen LogP contribution in [0.3, 0.4) is 0 Å². The summed E-state index contributed by atoms with van der Waals surface area (Å²) in [5.41, 5.74) is 0.917. The molecule has 0 atom stereocenters. The SMILES string of the molecule is CCNCc1csc(CS(=O)(=O)C(C)C)n1. The van der Waals surface area contributed by atoms with E-state index in [1.54, 1.807) is 13.8 Å². The fourth-order valence-electron chi connectivity index (χ4n) is 1.09. The number of sulfone groups is 1. The van der Waals surface area contributed by atoms with Crippen molar-refractivity contribution in [2.45, 2.75) is 38.3 Å². The molecule has 16 heavy (non-hydrogen) atoms. The predicted molar refractivity (Wildman–Crippen MR) is 67.3 cm³/mol. The summed E-state index contributed by atoms with van der Waals surface area (Å²) in [4.78, 5) is 4.29. The van der Waals surface area contributed by atoms with Gasteiger partial charge in [-0.1, -0.05) is 6.92 Å². The van der Waals surface area contributed by atoms with Gasteiger partial charge in [-0.2, -0.15) is 0 Å². The number of hydrogen-bond acceptors (Lipinski definition) is 5. The lowest BCUT2D eigenvalue weighted by Crippen LogP contribution is -2.16. The largest absolute Gasteiger partial charge is 0.311 e. The van der Waals surface area contributed by atoms with Crippen molar-refractivity contribution in [1.29, 1.82) is 0 Å². The standard InChI is InChI=1S/C10H18N2O2S2/c1-4-11-5-9-6-15-10(12-9)7-16(13,14)8(2)3/h6,8,11H,4-5,7H2,1-3H3. The Labute approximate surface area is 101 Å². The van der Waals surface area contributed by atoms with E-state index in [-0.39, 0.29) is 11.0 Å². The van der Waals surface area contributed by atoms with Crippen LogP contribution in [0.4, 0.5) is 0 Å². The summed E-state index contributed by atoms with van der Waals surface area (Å²) in [7, 11) is -3.03. The molecule has 0 bridgehead atoms. The Balaban J connectivity index is 2.65. The zero-order valence-electron chi connectivity index (χ0n) is 9.86. The third kappa shape index (κ3) is 3.84. The smallest absolute Gasteiger partial charge is 0.159 e. The average Bonchev–Trinajstić information content (AvgIpc) is 2.61. The second-order valence-corrected chi connectivity index (χ2v) is 7.37. The molecule has 92 valence electrons. The maximum absolute atomic E-state index is 11.7. The first-order chi connectivity index (χ1) is 7.45. The number of aromatic nitrogens is 1. The van der Waals surface area contributed by atoms with Gasteiger partial charge in [0.15, 0.2) is 9.84 Å². The third-order valence-corrected chi connectivity index (χ3v) is 5.39. The minimum atomic E-state index is -3.03. The van der Waals surface area contributed by atoms with Crippen LogP contribution in [-0.4, -0.2) is 25.2 Å². The minimum absolute atomic E-state index is 0.0570. The number of nitrogens with zero attached hydrogens (tertiary/aromatic N) is 1. The van der Waals surface area contributed by atoms with Crippen molar-refractivity contribution in [3.8, 4) is 0 Å². The summed E-state index contributed by atoms with van der Waals surface area (Å²) in [6.45, 7) is 7.01. The van der Waals surface area contributed by atoms with Crippen LogP contribution in [0.25, 0.3) is 0 Å². The van der Waals surface area contributed by atoms with Crippen LogP contribution in [0.5, 0.6) is 0 Å². The van der Waals surface area contributed by atoms with Gasteiger partial charge in [-0.25, -0.2) is 13.4 Å². The van der Waals surface area contributed by atoms with Gasteiger partial charge in [0.05, 0.1) is 10.9 Å². The van der Waals surface area contributed by atoms with Crippen LogP contribution in [-0.2, 0) is 22.1 Å². The van der Waals surface area contributed by atoms with Gasteiger partial charge in [0.25, 0.3) is 0 Å². The van der Waals surface area contributed by atoms with E-state index in [9.17, 15) is 8.42 Å². The van der Waals surface area contributed by atoms with E-state index in [2.05, 4.69) is 10.3 Å². The topological polar surface area (TPSA) is 59.1 Å². The van der Waals surface area contributed by atoms with E-state index in [4.69, 9.17) is 0 Å². The molecule has 0 spiro atoms. The molecule has 0 amide bonds. The van der Waals surface area contributed by atoms with Gasteiger partial charge in [0.2, 0.25) is 0 Å². The molecule has 6 heteroatoms. The number of rotatable bonds is 6. The molecule has 0 unspecified atom stereocenters. The van der Waals surface area contributed by atoms with Gasteiger partial charge < -0.3 is 5.32 Å². The van der Waals surface area contributed by atoms with Crippen molar-refractivity contribution >= 4 is 21.2 Å². The van der Waals surface area contributed by atoms with Crippen LogP contribution in [0.2, 0.25) is 0 Å². The Kier molecular flexibility index (Phi) is 4.89. The van der Waals surface area contributed by atoms with Crippen molar-refractivity contribution in [3.63, 3.8) is 0 Å². The van der Waals surface area contributed by atoms with Gasteiger partial charge in [0, 0.05) is 11.9 Å². The Morgan fingerprint density at radius 1 is 1.50 bits per heavy atom. The summed E-state index contributed by atoms with van der Waals surface area (Å²) < 4.78 is 23.3. The van der Waals surface area contributed by atoms with Crippen molar-refractivity contribution in [2.75, 3.05) is 6.54 Å². The van der Waals surface area contributed by atoms with Crippen molar-refractivity contribution in [1.82, 2.24) is 10.3 Å². The molecule has 1 N–H and O–H groups in total. The highest BCUT2D eigenvalue weighted by molar-refractivity contribution is 7.91. The Bertz CT molecular complexity index is 424. The van der Waals surface area contributed by atoms with Crippen LogP contribution in [0, 0.1) is 0 Å². The molecule has 0 saturated heterocycles. The first kappa shape index (κ1) is 13.6. The lowest BCUT2D eigenvalue weighted by Gasteiger charge is -2.04. The molecule has 0 saturated carbocycles. The molecule has 0 aliphatic heterocycles. The van der Waals surface area contributed by atoms with E-state index in [1.165, 1.54) is 11.3 Å².